The summed E-state index contributed by atoms with van der Waals surface area (Å²) in [6, 6.07) is 10.8. The normalized spacial score (nSPS) is 11.4. The first-order chi connectivity index (χ1) is 9.58. The second-order valence-electron chi connectivity index (χ2n) is 5.27. The molecule has 0 aliphatic rings. The molecule has 20 heavy (non-hydrogen) atoms. The summed E-state index contributed by atoms with van der Waals surface area (Å²) in [4.78, 5) is 7.46. The van der Waals surface area contributed by atoms with Crippen molar-refractivity contribution in [3.05, 3.63) is 42.1 Å². The summed E-state index contributed by atoms with van der Waals surface area (Å²) in [6.45, 7) is 6.14. The van der Waals surface area contributed by atoms with Gasteiger partial charge in [-0.25, -0.2) is 0 Å². The Hall–Kier alpha value is -1.52. The Labute approximate surface area is 125 Å². The van der Waals surface area contributed by atoms with Crippen molar-refractivity contribution < 1.29 is 0 Å². The van der Waals surface area contributed by atoms with Crippen molar-refractivity contribution in [2.45, 2.75) is 32.9 Å². The van der Waals surface area contributed by atoms with E-state index in [1.807, 2.05) is 12.3 Å². The van der Waals surface area contributed by atoms with Crippen LogP contribution >= 0.6 is 12.2 Å². The van der Waals surface area contributed by atoms with Crippen LogP contribution in [0.15, 0.2) is 36.5 Å². The van der Waals surface area contributed by atoms with Crippen LogP contribution in [0.2, 0.25) is 0 Å². The van der Waals surface area contributed by atoms with Crippen LogP contribution in [0.4, 0.5) is 0 Å². The molecule has 3 nitrogen and oxygen atoms in total. The largest absolute Gasteiger partial charge is 0.393 e. The topological polar surface area (TPSA) is 42.1 Å². The third kappa shape index (κ3) is 3.74. The maximum atomic E-state index is 5.62. The number of aromatic nitrogens is 1. The molecule has 0 amide bonds. The number of hydrogen-bond acceptors (Lipinski definition) is 3. The van der Waals surface area contributed by atoms with Crippen molar-refractivity contribution in [3.63, 3.8) is 0 Å². The summed E-state index contributed by atoms with van der Waals surface area (Å²) in [7, 11) is 0. The van der Waals surface area contributed by atoms with Crippen molar-refractivity contribution >= 4 is 28.1 Å². The van der Waals surface area contributed by atoms with E-state index in [0.717, 1.165) is 25.0 Å². The van der Waals surface area contributed by atoms with Gasteiger partial charge in [0.05, 0.1) is 10.5 Å². The lowest BCUT2D eigenvalue weighted by Gasteiger charge is -2.26. The molecule has 0 saturated heterocycles. The second kappa shape index (κ2) is 6.77. The molecule has 0 spiro atoms. The molecule has 0 aliphatic heterocycles. The minimum absolute atomic E-state index is 0.448. The number of nitrogens with zero attached hydrogens (tertiary/aromatic N) is 2. The number of thiocarbonyl (C=S) groups is 1. The number of hydrogen-bond donors (Lipinski definition) is 1. The Balaban J connectivity index is 2.22. The standard InChI is InChI=1S/C16H21N3S/c1-12(2)19(10-8-15(17)20)11-14-6-3-5-13-7-4-9-18-16(13)14/h3-7,9,12H,8,10-11H2,1-2H3,(H2,17,20). The molecule has 0 aliphatic carbocycles. The molecule has 2 N–H and O–H groups in total. The van der Waals surface area contributed by atoms with E-state index in [1.165, 1.54) is 10.9 Å². The zero-order valence-corrected chi connectivity index (χ0v) is 12.9. The molecule has 0 radical (unpaired) electrons. The Morgan fingerprint density at radius 2 is 2.05 bits per heavy atom. The van der Waals surface area contributed by atoms with Gasteiger partial charge < -0.3 is 5.73 Å². The van der Waals surface area contributed by atoms with Gasteiger partial charge in [0.2, 0.25) is 0 Å². The number of para-hydroxylation sites is 1. The van der Waals surface area contributed by atoms with Crippen LogP contribution < -0.4 is 5.73 Å². The fourth-order valence-corrected chi connectivity index (χ4v) is 2.38. The van der Waals surface area contributed by atoms with Gasteiger partial charge in [-0.3, -0.25) is 9.88 Å². The van der Waals surface area contributed by atoms with Gasteiger partial charge >= 0.3 is 0 Å². The van der Waals surface area contributed by atoms with Crippen LogP contribution in [-0.4, -0.2) is 27.5 Å². The van der Waals surface area contributed by atoms with Gasteiger partial charge in [0.15, 0.2) is 0 Å². The predicted molar refractivity (Wildman–Crippen MR) is 88.7 cm³/mol. The first kappa shape index (κ1) is 14.9. The molecule has 1 aromatic heterocycles. The van der Waals surface area contributed by atoms with Gasteiger partial charge in [-0.1, -0.05) is 36.5 Å². The molecular weight excluding hydrogens is 266 g/mol. The van der Waals surface area contributed by atoms with Crippen LogP contribution in [0.5, 0.6) is 0 Å². The molecular formula is C16H21N3S. The lowest BCUT2D eigenvalue weighted by Crippen LogP contribution is -2.33. The van der Waals surface area contributed by atoms with E-state index in [4.69, 9.17) is 18.0 Å². The SMILES string of the molecule is CC(C)N(CCC(N)=S)Cc1cccc2cccnc12. The molecule has 0 atom stereocenters. The Morgan fingerprint density at radius 3 is 2.75 bits per heavy atom. The Kier molecular flexibility index (Phi) is 5.04. The third-order valence-electron chi connectivity index (χ3n) is 3.47. The van der Waals surface area contributed by atoms with E-state index in [0.29, 0.717) is 11.0 Å². The van der Waals surface area contributed by atoms with Crippen LogP contribution in [0.1, 0.15) is 25.8 Å². The monoisotopic (exact) mass is 287 g/mol. The highest BCUT2D eigenvalue weighted by atomic mass is 32.1. The van der Waals surface area contributed by atoms with Gasteiger partial charge in [-0.05, 0) is 25.5 Å². The minimum Gasteiger partial charge on any atom is -0.393 e. The summed E-state index contributed by atoms with van der Waals surface area (Å²) in [5.74, 6) is 0. The summed E-state index contributed by atoms with van der Waals surface area (Å²) in [5, 5.41) is 1.18. The average Bonchev–Trinajstić information content (AvgIpc) is 2.43. The van der Waals surface area contributed by atoms with E-state index < -0.39 is 0 Å². The molecule has 0 unspecified atom stereocenters. The van der Waals surface area contributed by atoms with Crippen molar-refractivity contribution in [2.75, 3.05) is 6.54 Å². The quantitative estimate of drug-likeness (QED) is 0.829. The van der Waals surface area contributed by atoms with Crippen LogP contribution in [0.25, 0.3) is 10.9 Å². The van der Waals surface area contributed by atoms with E-state index in [2.05, 4.69) is 48.0 Å². The number of nitrogens with two attached hydrogens (primary N) is 1. The maximum absolute atomic E-state index is 5.62. The number of fused-ring (bicyclic) bond motifs is 1. The van der Waals surface area contributed by atoms with E-state index in [-0.39, 0.29) is 0 Å². The van der Waals surface area contributed by atoms with Crippen molar-refractivity contribution in [2.24, 2.45) is 5.73 Å². The molecule has 4 heteroatoms. The Morgan fingerprint density at radius 1 is 1.30 bits per heavy atom. The average molecular weight is 287 g/mol. The first-order valence-electron chi connectivity index (χ1n) is 6.93. The third-order valence-corrected chi connectivity index (χ3v) is 3.67. The molecule has 106 valence electrons. The molecule has 2 aromatic rings. The van der Waals surface area contributed by atoms with E-state index in [1.54, 1.807) is 0 Å². The molecule has 0 saturated carbocycles. The zero-order valence-electron chi connectivity index (χ0n) is 12.0. The van der Waals surface area contributed by atoms with Gasteiger partial charge in [0, 0.05) is 37.1 Å². The predicted octanol–water partition coefficient (Wildman–Crippen LogP) is 3.12. The van der Waals surface area contributed by atoms with E-state index >= 15 is 0 Å². The molecule has 1 aromatic carbocycles. The highest BCUT2D eigenvalue weighted by molar-refractivity contribution is 7.80. The Bertz CT molecular complexity index is 590. The number of rotatable bonds is 6. The summed E-state index contributed by atoms with van der Waals surface area (Å²) >= 11 is 4.98. The molecule has 2 rings (SSSR count). The van der Waals surface area contributed by atoms with Crippen LogP contribution in [0, 0.1) is 0 Å². The smallest absolute Gasteiger partial charge is 0.0746 e. The van der Waals surface area contributed by atoms with Crippen molar-refractivity contribution in [3.8, 4) is 0 Å². The van der Waals surface area contributed by atoms with Gasteiger partial charge in [0.1, 0.15) is 0 Å². The van der Waals surface area contributed by atoms with Gasteiger partial charge in [-0.15, -0.1) is 0 Å². The van der Waals surface area contributed by atoms with Crippen molar-refractivity contribution in [1.82, 2.24) is 9.88 Å². The fourth-order valence-electron chi connectivity index (χ4n) is 2.29. The van der Waals surface area contributed by atoms with E-state index in [9.17, 15) is 0 Å². The zero-order chi connectivity index (χ0) is 14.5. The maximum Gasteiger partial charge on any atom is 0.0746 e. The molecule has 0 bridgehead atoms. The summed E-state index contributed by atoms with van der Waals surface area (Å²) in [5.41, 5.74) is 7.95. The minimum atomic E-state index is 0.448. The number of benzene rings is 1. The van der Waals surface area contributed by atoms with Gasteiger partial charge in [-0.2, -0.15) is 0 Å². The fraction of sp³-hybridized carbons (Fsp3) is 0.375. The van der Waals surface area contributed by atoms with Crippen molar-refractivity contribution in [1.29, 1.82) is 0 Å². The summed E-state index contributed by atoms with van der Waals surface area (Å²) in [6.07, 6.45) is 2.60. The lowest BCUT2D eigenvalue weighted by molar-refractivity contribution is 0.220. The lowest BCUT2D eigenvalue weighted by atomic mass is 10.1. The second-order valence-corrected chi connectivity index (χ2v) is 5.80. The molecule has 0 fully saturated rings. The number of pyridine rings is 1. The van der Waals surface area contributed by atoms with Gasteiger partial charge in [0.25, 0.3) is 0 Å². The highest BCUT2D eigenvalue weighted by Crippen LogP contribution is 2.18. The van der Waals surface area contributed by atoms with Crippen LogP contribution in [-0.2, 0) is 6.54 Å². The first-order valence-corrected chi connectivity index (χ1v) is 7.33. The highest BCUT2D eigenvalue weighted by Gasteiger charge is 2.12. The molecule has 1 heterocycles. The van der Waals surface area contributed by atoms with Crippen LogP contribution in [0.3, 0.4) is 0 Å². The summed E-state index contributed by atoms with van der Waals surface area (Å²) < 4.78 is 0.